The van der Waals surface area contributed by atoms with Crippen LogP contribution in [0.1, 0.15) is 37.6 Å². The van der Waals surface area contributed by atoms with Gasteiger partial charge in [0.25, 0.3) is 0 Å². The Morgan fingerprint density at radius 1 is 0.879 bits per heavy atom. The zero-order valence-corrected chi connectivity index (χ0v) is 21.9. The maximum Gasteiger partial charge on any atom is 0.240 e. The Morgan fingerprint density at radius 3 is 2.03 bits per heavy atom. The van der Waals surface area contributed by atoms with Gasteiger partial charge >= 0.3 is 0 Å². The van der Waals surface area contributed by atoms with Gasteiger partial charge in [0.1, 0.15) is 11.8 Å². The van der Waals surface area contributed by atoms with Crippen molar-refractivity contribution in [1.29, 1.82) is 5.26 Å². The van der Waals surface area contributed by atoms with Gasteiger partial charge in [0.15, 0.2) is 0 Å². The topological polar surface area (TPSA) is 38.0 Å². The molecular formula is C28H27BrN2OSi. The number of aromatic nitrogens is 1. The first kappa shape index (κ1) is 23.3. The normalized spacial score (nSPS) is 11.5. The molecule has 0 aliphatic carbocycles. The van der Waals surface area contributed by atoms with Crippen molar-refractivity contribution in [3.8, 4) is 11.8 Å². The molecule has 0 saturated heterocycles. The summed E-state index contributed by atoms with van der Waals surface area (Å²) in [4.78, 5) is 0. The van der Waals surface area contributed by atoms with Gasteiger partial charge in [0.05, 0.1) is 16.9 Å². The van der Waals surface area contributed by atoms with Gasteiger partial charge in [-0.1, -0.05) is 93.6 Å². The standard InChI is InChI=1S/C28H27BrN2OSi/c1-28(2,3)22-14-16-26(31-23(19-30)15-17-27(31)29)21(18-22)20-32-33(24-10-6-4-7-11-24)25-12-8-5-9-13-25/h4-18,33H,20H2,1-3H3. The molecule has 0 bridgehead atoms. The second kappa shape index (κ2) is 9.92. The number of halogens is 1. The molecule has 0 N–H and O–H groups in total. The van der Waals surface area contributed by atoms with E-state index in [0.717, 1.165) is 15.9 Å². The Kier molecular flexibility index (Phi) is 6.99. The van der Waals surface area contributed by atoms with E-state index >= 15 is 0 Å². The van der Waals surface area contributed by atoms with Gasteiger partial charge < -0.3 is 4.43 Å². The highest BCUT2D eigenvalue weighted by Gasteiger charge is 2.21. The first-order chi connectivity index (χ1) is 15.9. The summed E-state index contributed by atoms with van der Waals surface area (Å²) < 4.78 is 9.55. The van der Waals surface area contributed by atoms with Crippen LogP contribution in [0.25, 0.3) is 5.69 Å². The maximum absolute atomic E-state index is 9.67. The van der Waals surface area contributed by atoms with E-state index in [2.05, 4.69) is 110 Å². The summed E-state index contributed by atoms with van der Waals surface area (Å²) in [6.45, 7) is 7.11. The fourth-order valence-corrected chi connectivity index (χ4v) is 6.72. The van der Waals surface area contributed by atoms with Gasteiger partial charge in [-0.05, 0) is 55.5 Å². The lowest BCUT2D eigenvalue weighted by Gasteiger charge is -2.24. The molecule has 33 heavy (non-hydrogen) atoms. The van der Waals surface area contributed by atoms with Crippen molar-refractivity contribution in [2.45, 2.75) is 32.8 Å². The summed E-state index contributed by atoms with van der Waals surface area (Å²) in [7, 11) is -1.90. The first-order valence-electron chi connectivity index (χ1n) is 11.0. The number of hydrogen-bond acceptors (Lipinski definition) is 2. The van der Waals surface area contributed by atoms with Crippen LogP contribution in [0.5, 0.6) is 0 Å². The number of benzene rings is 3. The quantitative estimate of drug-likeness (QED) is 0.320. The maximum atomic E-state index is 9.67. The summed E-state index contributed by atoms with van der Waals surface area (Å²) in [5, 5.41) is 12.2. The third kappa shape index (κ3) is 5.20. The summed E-state index contributed by atoms with van der Waals surface area (Å²) >= 11 is 3.62. The van der Waals surface area contributed by atoms with Gasteiger partial charge in [-0.2, -0.15) is 5.26 Å². The van der Waals surface area contributed by atoms with Crippen LogP contribution in [0.3, 0.4) is 0 Å². The van der Waals surface area contributed by atoms with E-state index in [9.17, 15) is 5.26 Å². The Hall–Kier alpha value is -2.91. The average molecular weight is 516 g/mol. The molecule has 0 aliphatic rings. The van der Waals surface area contributed by atoms with Crippen molar-refractivity contribution in [1.82, 2.24) is 4.57 Å². The highest BCUT2D eigenvalue weighted by molar-refractivity contribution is 9.10. The van der Waals surface area contributed by atoms with Gasteiger partial charge in [-0.3, -0.25) is 4.57 Å². The second-order valence-corrected chi connectivity index (χ2v) is 12.3. The van der Waals surface area contributed by atoms with Crippen molar-refractivity contribution >= 4 is 35.3 Å². The zero-order chi connectivity index (χ0) is 23.4. The largest absolute Gasteiger partial charge is 0.407 e. The molecule has 0 radical (unpaired) electrons. The Morgan fingerprint density at radius 2 is 1.48 bits per heavy atom. The minimum Gasteiger partial charge on any atom is -0.407 e. The first-order valence-corrected chi connectivity index (χ1v) is 13.4. The molecule has 3 aromatic carbocycles. The molecule has 166 valence electrons. The van der Waals surface area contributed by atoms with Gasteiger partial charge in [-0.25, -0.2) is 0 Å². The fraction of sp³-hybridized carbons (Fsp3) is 0.179. The molecule has 0 saturated carbocycles. The minimum absolute atomic E-state index is 0.00888. The molecule has 0 amide bonds. The van der Waals surface area contributed by atoms with Crippen molar-refractivity contribution in [3.05, 3.63) is 112 Å². The molecule has 0 unspecified atom stereocenters. The van der Waals surface area contributed by atoms with Crippen LogP contribution in [0.4, 0.5) is 0 Å². The number of nitriles is 1. The van der Waals surface area contributed by atoms with Crippen LogP contribution >= 0.6 is 15.9 Å². The average Bonchev–Trinajstić information content (AvgIpc) is 3.20. The fourth-order valence-electron chi connectivity index (χ4n) is 3.94. The van der Waals surface area contributed by atoms with Crippen LogP contribution in [0, 0.1) is 11.3 Å². The summed E-state index contributed by atoms with van der Waals surface area (Å²) in [6.07, 6.45) is 0. The van der Waals surface area contributed by atoms with E-state index in [0.29, 0.717) is 12.3 Å². The zero-order valence-electron chi connectivity index (χ0n) is 19.1. The second-order valence-electron chi connectivity index (χ2n) is 9.09. The van der Waals surface area contributed by atoms with Crippen molar-refractivity contribution in [2.24, 2.45) is 0 Å². The lowest BCUT2D eigenvalue weighted by molar-refractivity contribution is 0.321. The summed E-state index contributed by atoms with van der Waals surface area (Å²) in [5.74, 6) is 0. The van der Waals surface area contributed by atoms with E-state index < -0.39 is 9.04 Å². The van der Waals surface area contributed by atoms with E-state index in [1.807, 2.05) is 28.8 Å². The molecule has 0 aliphatic heterocycles. The van der Waals surface area contributed by atoms with Crippen LogP contribution in [-0.2, 0) is 16.4 Å². The molecule has 1 aromatic heterocycles. The lowest BCUT2D eigenvalue weighted by atomic mass is 9.86. The molecule has 4 rings (SSSR count). The molecule has 0 fully saturated rings. The third-order valence-electron chi connectivity index (χ3n) is 5.74. The van der Waals surface area contributed by atoms with E-state index in [1.54, 1.807) is 0 Å². The molecule has 1 heterocycles. The van der Waals surface area contributed by atoms with Gasteiger partial charge in [0, 0.05) is 5.56 Å². The van der Waals surface area contributed by atoms with Gasteiger partial charge in [-0.15, -0.1) is 0 Å². The van der Waals surface area contributed by atoms with Gasteiger partial charge in [0.2, 0.25) is 9.04 Å². The SMILES string of the molecule is CC(C)(C)c1ccc(-n2c(Br)ccc2C#N)c(CO[SiH](c2ccccc2)c2ccccc2)c1. The van der Waals surface area contributed by atoms with Crippen LogP contribution in [0.2, 0.25) is 0 Å². The Labute approximate surface area is 206 Å². The molecule has 5 heteroatoms. The summed E-state index contributed by atoms with van der Waals surface area (Å²) in [5.41, 5.74) is 3.87. The molecule has 0 spiro atoms. The number of rotatable bonds is 6. The Bertz CT molecular complexity index is 1230. The molecule has 0 atom stereocenters. The van der Waals surface area contributed by atoms with E-state index in [-0.39, 0.29) is 5.41 Å². The lowest BCUT2D eigenvalue weighted by Crippen LogP contribution is -2.44. The molecule has 4 aromatic rings. The third-order valence-corrected chi connectivity index (χ3v) is 8.84. The number of nitrogens with zero attached hydrogens (tertiary/aromatic N) is 2. The molecular weight excluding hydrogens is 488 g/mol. The monoisotopic (exact) mass is 514 g/mol. The minimum atomic E-state index is -1.90. The van der Waals surface area contributed by atoms with E-state index in [4.69, 9.17) is 4.43 Å². The van der Waals surface area contributed by atoms with Crippen LogP contribution in [-0.4, -0.2) is 13.6 Å². The molecule has 3 nitrogen and oxygen atoms in total. The van der Waals surface area contributed by atoms with Crippen LogP contribution < -0.4 is 10.4 Å². The van der Waals surface area contributed by atoms with Crippen molar-refractivity contribution in [3.63, 3.8) is 0 Å². The van der Waals surface area contributed by atoms with Crippen molar-refractivity contribution in [2.75, 3.05) is 0 Å². The summed E-state index contributed by atoms with van der Waals surface area (Å²) in [6, 6.07) is 33.5. The number of hydrogen-bond donors (Lipinski definition) is 0. The Balaban J connectivity index is 1.77. The predicted molar refractivity (Wildman–Crippen MR) is 141 cm³/mol. The predicted octanol–water partition coefficient (Wildman–Crippen LogP) is 5.46. The van der Waals surface area contributed by atoms with Crippen molar-refractivity contribution < 1.29 is 4.43 Å². The van der Waals surface area contributed by atoms with E-state index in [1.165, 1.54) is 15.9 Å². The highest BCUT2D eigenvalue weighted by atomic mass is 79.9. The highest BCUT2D eigenvalue weighted by Crippen LogP contribution is 2.30. The smallest absolute Gasteiger partial charge is 0.240 e. The van der Waals surface area contributed by atoms with Crippen LogP contribution in [0.15, 0.2) is 95.6 Å².